The van der Waals surface area contributed by atoms with Gasteiger partial charge in [0.25, 0.3) is 0 Å². The largest absolute Gasteiger partial charge is 0.404 e. The standard InChI is InChI=1S/C9H14IN/c1-7(5-10)9(6-11)8-3-2-4-8/h5-6,8H,2-4,11H2,1H3/b7-5-,9-6+. The van der Waals surface area contributed by atoms with Crippen molar-refractivity contribution in [3.63, 3.8) is 0 Å². The third kappa shape index (κ3) is 1.98. The van der Waals surface area contributed by atoms with Gasteiger partial charge in [0, 0.05) is 0 Å². The molecule has 1 saturated carbocycles. The van der Waals surface area contributed by atoms with Crippen molar-refractivity contribution in [3.05, 3.63) is 21.4 Å². The summed E-state index contributed by atoms with van der Waals surface area (Å²) >= 11 is 2.27. The number of allylic oxidation sites excluding steroid dienone is 2. The van der Waals surface area contributed by atoms with E-state index in [0.29, 0.717) is 0 Å². The van der Waals surface area contributed by atoms with E-state index in [4.69, 9.17) is 5.73 Å². The predicted octanol–water partition coefficient (Wildman–Crippen LogP) is 2.97. The highest BCUT2D eigenvalue weighted by Crippen LogP contribution is 2.36. The first-order valence-electron chi connectivity index (χ1n) is 3.98. The monoisotopic (exact) mass is 263 g/mol. The Labute approximate surface area is 81.9 Å². The van der Waals surface area contributed by atoms with Crippen LogP contribution in [0.2, 0.25) is 0 Å². The Morgan fingerprint density at radius 1 is 1.55 bits per heavy atom. The molecule has 0 aromatic rings. The summed E-state index contributed by atoms with van der Waals surface area (Å²) in [6.07, 6.45) is 5.79. The van der Waals surface area contributed by atoms with Crippen molar-refractivity contribution in [2.75, 3.05) is 0 Å². The van der Waals surface area contributed by atoms with Crippen molar-refractivity contribution in [3.8, 4) is 0 Å². The Balaban J connectivity index is 2.63. The molecule has 0 atom stereocenters. The third-order valence-electron chi connectivity index (χ3n) is 2.34. The minimum Gasteiger partial charge on any atom is -0.404 e. The van der Waals surface area contributed by atoms with E-state index >= 15 is 0 Å². The molecule has 1 aliphatic carbocycles. The van der Waals surface area contributed by atoms with Crippen LogP contribution in [0.25, 0.3) is 0 Å². The zero-order chi connectivity index (χ0) is 8.27. The van der Waals surface area contributed by atoms with E-state index in [2.05, 4.69) is 33.6 Å². The summed E-state index contributed by atoms with van der Waals surface area (Å²) in [5, 5.41) is 0. The topological polar surface area (TPSA) is 26.0 Å². The van der Waals surface area contributed by atoms with E-state index in [1.165, 1.54) is 30.4 Å². The van der Waals surface area contributed by atoms with Gasteiger partial charge in [0.05, 0.1) is 0 Å². The highest BCUT2D eigenvalue weighted by molar-refractivity contribution is 14.1. The van der Waals surface area contributed by atoms with Gasteiger partial charge in [-0.1, -0.05) is 29.0 Å². The predicted molar refractivity (Wildman–Crippen MR) is 57.4 cm³/mol. The molecule has 2 heteroatoms. The van der Waals surface area contributed by atoms with Crippen LogP contribution >= 0.6 is 22.6 Å². The Morgan fingerprint density at radius 3 is 2.45 bits per heavy atom. The molecule has 0 aliphatic heterocycles. The maximum absolute atomic E-state index is 5.55. The number of halogens is 1. The second-order valence-corrected chi connectivity index (χ2v) is 3.66. The van der Waals surface area contributed by atoms with Crippen LogP contribution in [-0.4, -0.2) is 0 Å². The lowest BCUT2D eigenvalue weighted by Crippen LogP contribution is -2.15. The molecule has 1 nitrogen and oxygen atoms in total. The normalized spacial score (nSPS) is 21.6. The Morgan fingerprint density at radius 2 is 2.18 bits per heavy atom. The van der Waals surface area contributed by atoms with Crippen molar-refractivity contribution in [2.45, 2.75) is 26.2 Å². The quantitative estimate of drug-likeness (QED) is 0.601. The van der Waals surface area contributed by atoms with E-state index in [1.807, 2.05) is 0 Å². The molecule has 62 valence electrons. The number of rotatable bonds is 2. The van der Waals surface area contributed by atoms with Crippen LogP contribution in [-0.2, 0) is 0 Å². The first kappa shape index (κ1) is 9.10. The van der Waals surface area contributed by atoms with Gasteiger partial charge in [0.2, 0.25) is 0 Å². The maximum atomic E-state index is 5.55. The molecule has 0 aromatic carbocycles. The molecule has 0 unspecified atom stereocenters. The molecular formula is C9H14IN. The molecule has 0 heterocycles. The van der Waals surface area contributed by atoms with Crippen LogP contribution < -0.4 is 5.73 Å². The Hall–Kier alpha value is 0.01000. The first-order chi connectivity index (χ1) is 5.29. The van der Waals surface area contributed by atoms with Gasteiger partial charge < -0.3 is 5.73 Å². The summed E-state index contributed by atoms with van der Waals surface area (Å²) in [6, 6.07) is 0. The molecule has 0 aromatic heterocycles. The minimum absolute atomic E-state index is 0.756. The number of nitrogens with two attached hydrogens (primary N) is 1. The smallest absolute Gasteiger partial charge is 0.00240 e. The molecule has 0 radical (unpaired) electrons. The zero-order valence-electron chi connectivity index (χ0n) is 6.81. The summed E-state index contributed by atoms with van der Waals surface area (Å²) in [6.45, 7) is 2.13. The lowest BCUT2D eigenvalue weighted by atomic mass is 9.78. The lowest BCUT2D eigenvalue weighted by Gasteiger charge is -2.28. The Bertz CT molecular complexity index is 190. The number of hydrogen-bond donors (Lipinski definition) is 1. The van der Waals surface area contributed by atoms with E-state index in [9.17, 15) is 0 Å². The van der Waals surface area contributed by atoms with Crippen LogP contribution in [0.4, 0.5) is 0 Å². The molecule has 0 spiro atoms. The molecule has 1 rings (SSSR count). The summed E-state index contributed by atoms with van der Waals surface area (Å²) in [7, 11) is 0. The molecular weight excluding hydrogens is 249 g/mol. The van der Waals surface area contributed by atoms with Crippen molar-refractivity contribution in [2.24, 2.45) is 11.7 Å². The fourth-order valence-corrected chi connectivity index (χ4v) is 1.73. The van der Waals surface area contributed by atoms with Crippen molar-refractivity contribution < 1.29 is 0 Å². The summed E-state index contributed by atoms with van der Waals surface area (Å²) in [4.78, 5) is 0. The maximum Gasteiger partial charge on any atom is -0.00240 e. The van der Waals surface area contributed by atoms with Gasteiger partial charge in [-0.15, -0.1) is 0 Å². The van der Waals surface area contributed by atoms with Gasteiger partial charge >= 0.3 is 0 Å². The van der Waals surface area contributed by atoms with Crippen molar-refractivity contribution >= 4 is 22.6 Å². The van der Waals surface area contributed by atoms with Gasteiger partial charge in [-0.05, 0) is 47.1 Å². The summed E-state index contributed by atoms with van der Waals surface area (Å²) in [5.41, 5.74) is 8.24. The second kappa shape index (κ2) is 4.14. The fourth-order valence-electron chi connectivity index (χ4n) is 1.37. The SMILES string of the molecule is CC(=C/I)/C(=C\N)C1CCC1. The van der Waals surface area contributed by atoms with E-state index in [0.717, 1.165) is 5.92 Å². The van der Waals surface area contributed by atoms with Crippen LogP contribution in [0.5, 0.6) is 0 Å². The lowest BCUT2D eigenvalue weighted by molar-refractivity contribution is 0.371. The van der Waals surface area contributed by atoms with Gasteiger partial charge in [-0.2, -0.15) is 0 Å². The van der Waals surface area contributed by atoms with Gasteiger partial charge in [0.1, 0.15) is 0 Å². The summed E-state index contributed by atoms with van der Waals surface area (Å²) < 4.78 is 2.11. The molecule has 2 N–H and O–H groups in total. The molecule has 1 aliphatic rings. The van der Waals surface area contributed by atoms with Gasteiger partial charge in [0.15, 0.2) is 0 Å². The van der Waals surface area contributed by atoms with Gasteiger partial charge in [-0.3, -0.25) is 0 Å². The zero-order valence-corrected chi connectivity index (χ0v) is 8.97. The average molecular weight is 263 g/mol. The second-order valence-electron chi connectivity index (χ2n) is 3.04. The minimum atomic E-state index is 0.756. The molecule has 0 bridgehead atoms. The average Bonchev–Trinajstić information content (AvgIpc) is 1.94. The van der Waals surface area contributed by atoms with E-state index < -0.39 is 0 Å². The van der Waals surface area contributed by atoms with Crippen molar-refractivity contribution in [1.29, 1.82) is 0 Å². The van der Waals surface area contributed by atoms with E-state index in [1.54, 1.807) is 6.20 Å². The molecule has 0 saturated heterocycles. The Kier molecular flexibility index (Phi) is 3.43. The fraction of sp³-hybridized carbons (Fsp3) is 0.556. The van der Waals surface area contributed by atoms with Crippen LogP contribution in [0, 0.1) is 5.92 Å². The highest BCUT2D eigenvalue weighted by Gasteiger charge is 2.21. The molecule has 11 heavy (non-hydrogen) atoms. The van der Waals surface area contributed by atoms with Crippen LogP contribution in [0.15, 0.2) is 21.4 Å². The van der Waals surface area contributed by atoms with Gasteiger partial charge in [-0.25, -0.2) is 0 Å². The first-order valence-corrected chi connectivity index (χ1v) is 5.23. The van der Waals surface area contributed by atoms with Crippen molar-refractivity contribution in [1.82, 2.24) is 0 Å². The molecule has 0 amide bonds. The van der Waals surface area contributed by atoms with Crippen LogP contribution in [0.3, 0.4) is 0 Å². The van der Waals surface area contributed by atoms with E-state index in [-0.39, 0.29) is 0 Å². The van der Waals surface area contributed by atoms with Crippen LogP contribution in [0.1, 0.15) is 26.2 Å². The third-order valence-corrected chi connectivity index (χ3v) is 3.28. The highest BCUT2D eigenvalue weighted by atomic mass is 127. The summed E-state index contributed by atoms with van der Waals surface area (Å²) in [5.74, 6) is 0.756. The molecule has 1 fully saturated rings. The number of hydrogen-bond acceptors (Lipinski definition) is 1.